The van der Waals surface area contributed by atoms with Crippen molar-refractivity contribution in [3.8, 4) is 6.07 Å². The van der Waals surface area contributed by atoms with Crippen LogP contribution in [0.1, 0.15) is 28.9 Å². The zero-order valence-corrected chi connectivity index (χ0v) is 16.5. The molecule has 3 unspecified atom stereocenters. The molecule has 8 heteroatoms. The number of nitrogens with one attached hydrogen (secondary N) is 3. The van der Waals surface area contributed by atoms with E-state index in [2.05, 4.69) is 16.0 Å². The molecule has 0 radical (unpaired) electrons. The minimum atomic E-state index is -0.850. The molecule has 0 spiro atoms. The summed E-state index contributed by atoms with van der Waals surface area (Å²) in [6.45, 7) is 1.46. The minimum Gasteiger partial charge on any atom is -0.331 e. The second-order valence-corrected chi connectivity index (χ2v) is 7.64. The largest absolute Gasteiger partial charge is 0.331 e. The molecule has 1 aliphatic heterocycles. The number of anilines is 1. The number of nitrogens with zero attached hydrogens (tertiary/aromatic N) is 1. The number of carbonyl (C=O) groups excluding carboxylic acids is 3. The van der Waals surface area contributed by atoms with Gasteiger partial charge in [0, 0.05) is 11.3 Å². The van der Waals surface area contributed by atoms with E-state index in [0.717, 1.165) is 5.56 Å². The molecule has 3 N–H and O–H groups in total. The fourth-order valence-corrected chi connectivity index (χ4v) is 3.85. The van der Waals surface area contributed by atoms with Crippen molar-refractivity contribution in [1.29, 1.82) is 5.26 Å². The van der Waals surface area contributed by atoms with Gasteiger partial charge in [0.2, 0.25) is 11.8 Å². The highest BCUT2D eigenvalue weighted by Crippen LogP contribution is 2.28. The summed E-state index contributed by atoms with van der Waals surface area (Å²) in [7, 11) is 0. The molecule has 29 heavy (non-hydrogen) atoms. The average molecular weight is 408 g/mol. The van der Waals surface area contributed by atoms with E-state index in [0.29, 0.717) is 11.3 Å². The topological polar surface area (TPSA) is 111 Å². The van der Waals surface area contributed by atoms with Crippen LogP contribution >= 0.6 is 11.8 Å². The number of hydrogen-bond donors (Lipinski definition) is 3. The first-order chi connectivity index (χ1) is 14.0. The van der Waals surface area contributed by atoms with Gasteiger partial charge in [-0.3, -0.25) is 19.7 Å². The molecule has 7 nitrogen and oxygen atoms in total. The maximum atomic E-state index is 12.3. The summed E-state index contributed by atoms with van der Waals surface area (Å²) in [6.07, 6.45) is 0. The van der Waals surface area contributed by atoms with Crippen LogP contribution in [-0.4, -0.2) is 28.8 Å². The molecule has 2 aromatic carbocycles. The molecule has 1 aliphatic rings. The van der Waals surface area contributed by atoms with E-state index in [9.17, 15) is 19.6 Å². The van der Waals surface area contributed by atoms with Crippen LogP contribution in [0.25, 0.3) is 0 Å². The number of rotatable bonds is 6. The Balaban J connectivity index is 1.61. The van der Waals surface area contributed by atoms with Crippen molar-refractivity contribution in [2.75, 3.05) is 11.1 Å². The zero-order valence-electron chi connectivity index (χ0n) is 15.7. The molecule has 3 rings (SSSR count). The van der Waals surface area contributed by atoms with Gasteiger partial charge in [0.05, 0.1) is 17.9 Å². The molecule has 0 aliphatic carbocycles. The number of benzene rings is 2. The second kappa shape index (κ2) is 9.37. The van der Waals surface area contributed by atoms with Gasteiger partial charge in [-0.2, -0.15) is 5.26 Å². The van der Waals surface area contributed by atoms with Gasteiger partial charge < -0.3 is 10.6 Å². The van der Waals surface area contributed by atoms with Gasteiger partial charge in [-0.1, -0.05) is 42.5 Å². The van der Waals surface area contributed by atoms with Crippen molar-refractivity contribution in [3.05, 3.63) is 65.7 Å². The number of Topliss-reactive ketones (excluding diaryl/α,β-unsaturated/α-hetero) is 1. The van der Waals surface area contributed by atoms with Crippen LogP contribution in [0.15, 0.2) is 54.6 Å². The van der Waals surface area contributed by atoms with E-state index in [1.165, 1.54) is 18.7 Å². The molecule has 2 amide bonds. The Hall–Kier alpha value is -3.15. The third-order valence-electron chi connectivity index (χ3n) is 4.45. The van der Waals surface area contributed by atoms with Gasteiger partial charge in [-0.15, -0.1) is 11.8 Å². The van der Waals surface area contributed by atoms with E-state index in [1.54, 1.807) is 24.3 Å². The smallest absolute Gasteiger partial charge is 0.241 e. The second-order valence-electron chi connectivity index (χ2n) is 6.55. The Morgan fingerprint density at radius 3 is 2.62 bits per heavy atom. The van der Waals surface area contributed by atoms with Crippen LogP contribution in [-0.2, 0) is 9.59 Å². The summed E-state index contributed by atoms with van der Waals surface area (Å²) in [5.74, 6) is -1.47. The number of ketones is 1. The predicted octanol–water partition coefficient (Wildman–Crippen LogP) is 2.44. The molecule has 3 atom stereocenters. The molecule has 0 aromatic heterocycles. The highest BCUT2D eigenvalue weighted by molar-refractivity contribution is 8.00. The van der Waals surface area contributed by atoms with Gasteiger partial charge in [0.15, 0.2) is 5.78 Å². The van der Waals surface area contributed by atoms with Crippen LogP contribution in [0.3, 0.4) is 0 Å². The molecule has 0 saturated carbocycles. The van der Waals surface area contributed by atoms with E-state index in [-0.39, 0.29) is 23.4 Å². The van der Waals surface area contributed by atoms with Gasteiger partial charge in [-0.05, 0) is 24.6 Å². The monoisotopic (exact) mass is 408 g/mol. The van der Waals surface area contributed by atoms with Crippen LogP contribution in [0.2, 0.25) is 0 Å². The SMILES string of the molecule is CC(=O)c1cccc(NC(=O)CSC2NC(=O)C(C#N)C(c3ccccc3)N2)c1. The zero-order chi connectivity index (χ0) is 20.8. The average Bonchev–Trinajstić information content (AvgIpc) is 2.72. The lowest BCUT2D eigenvalue weighted by Gasteiger charge is -2.34. The van der Waals surface area contributed by atoms with Crippen molar-refractivity contribution in [2.45, 2.75) is 18.5 Å². The first-order valence-electron chi connectivity index (χ1n) is 9.01. The molecule has 0 bridgehead atoms. The fraction of sp³-hybridized carbons (Fsp3) is 0.238. The number of amides is 2. The molecule has 2 aromatic rings. The summed E-state index contributed by atoms with van der Waals surface area (Å²) < 4.78 is 0. The Morgan fingerprint density at radius 2 is 1.93 bits per heavy atom. The van der Waals surface area contributed by atoms with Crippen LogP contribution in [0.5, 0.6) is 0 Å². The number of carbonyl (C=O) groups is 3. The van der Waals surface area contributed by atoms with E-state index in [4.69, 9.17) is 0 Å². The van der Waals surface area contributed by atoms with Crippen LogP contribution < -0.4 is 16.0 Å². The molecule has 148 valence electrons. The first kappa shape index (κ1) is 20.6. The Labute approximate surface area is 172 Å². The quantitative estimate of drug-likeness (QED) is 0.633. The first-order valence-corrected chi connectivity index (χ1v) is 10.1. The number of hydrogen-bond acceptors (Lipinski definition) is 6. The molecular weight excluding hydrogens is 388 g/mol. The third kappa shape index (κ3) is 5.22. The Morgan fingerprint density at radius 1 is 1.17 bits per heavy atom. The predicted molar refractivity (Wildman–Crippen MR) is 111 cm³/mol. The van der Waals surface area contributed by atoms with Gasteiger partial charge in [0.25, 0.3) is 0 Å². The van der Waals surface area contributed by atoms with Crippen LogP contribution in [0, 0.1) is 17.2 Å². The van der Waals surface area contributed by atoms with E-state index in [1.807, 2.05) is 36.4 Å². The molecule has 1 saturated heterocycles. The number of thioether (sulfide) groups is 1. The Bertz CT molecular complexity index is 958. The van der Waals surface area contributed by atoms with Gasteiger partial charge in [-0.25, -0.2) is 0 Å². The van der Waals surface area contributed by atoms with E-state index >= 15 is 0 Å². The lowest BCUT2D eigenvalue weighted by molar-refractivity contribution is -0.126. The normalized spacial score (nSPS) is 21.0. The maximum Gasteiger partial charge on any atom is 0.241 e. The number of nitriles is 1. The highest BCUT2D eigenvalue weighted by atomic mass is 32.2. The summed E-state index contributed by atoms with van der Waals surface area (Å²) >= 11 is 1.22. The van der Waals surface area contributed by atoms with Crippen molar-refractivity contribution >= 4 is 35.0 Å². The summed E-state index contributed by atoms with van der Waals surface area (Å²) in [5, 5.41) is 18.1. The van der Waals surface area contributed by atoms with Crippen molar-refractivity contribution in [1.82, 2.24) is 10.6 Å². The van der Waals surface area contributed by atoms with E-state index < -0.39 is 17.5 Å². The molecule has 1 fully saturated rings. The van der Waals surface area contributed by atoms with Gasteiger partial charge in [0.1, 0.15) is 11.4 Å². The fourth-order valence-electron chi connectivity index (χ4n) is 3.02. The lowest BCUT2D eigenvalue weighted by atomic mass is 9.92. The summed E-state index contributed by atoms with van der Waals surface area (Å²) in [6, 6.07) is 17.6. The minimum absolute atomic E-state index is 0.0800. The molecular formula is C21H20N4O3S. The van der Waals surface area contributed by atoms with Crippen LogP contribution in [0.4, 0.5) is 5.69 Å². The maximum absolute atomic E-state index is 12.3. The standard InChI is InChI=1S/C21H20N4O3S/c1-13(26)15-8-5-9-16(10-15)23-18(27)12-29-21-24-19(14-6-3-2-4-7-14)17(11-22)20(28)25-21/h2-10,17,19,21,24H,12H2,1H3,(H,23,27)(H,25,28). The van der Waals surface area contributed by atoms with Crippen molar-refractivity contribution < 1.29 is 14.4 Å². The van der Waals surface area contributed by atoms with Crippen molar-refractivity contribution in [3.63, 3.8) is 0 Å². The highest BCUT2D eigenvalue weighted by Gasteiger charge is 2.37. The molecule has 1 heterocycles. The summed E-state index contributed by atoms with van der Waals surface area (Å²) in [4.78, 5) is 36.1. The van der Waals surface area contributed by atoms with Crippen molar-refractivity contribution in [2.24, 2.45) is 5.92 Å². The van der Waals surface area contributed by atoms with Gasteiger partial charge >= 0.3 is 0 Å². The Kier molecular flexibility index (Phi) is 6.65. The third-order valence-corrected chi connectivity index (χ3v) is 5.47. The summed E-state index contributed by atoms with van der Waals surface area (Å²) in [5.41, 5.74) is 1.39. The lowest BCUT2D eigenvalue weighted by Crippen LogP contribution is -2.56.